The highest BCUT2D eigenvalue weighted by Crippen LogP contribution is 2.30. The molecule has 1 amide bonds. The second-order valence-electron chi connectivity index (χ2n) is 4.09. The minimum absolute atomic E-state index is 0.186. The molecule has 3 heterocycles. The number of nitrogens with zero attached hydrogens (tertiary/aromatic N) is 2. The summed E-state index contributed by atoms with van der Waals surface area (Å²) in [4.78, 5) is 31.5. The number of ether oxygens (including phenoxy) is 1. The van der Waals surface area contributed by atoms with Crippen molar-refractivity contribution < 1.29 is 9.53 Å². The van der Waals surface area contributed by atoms with Gasteiger partial charge in [-0.25, -0.2) is 0 Å². The molecular weight excluding hydrogens is 246 g/mol. The smallest absolute Gasteiger partial charge is 0.260 e. The molecule has 0 saturated carbocycles. The Balaban J connectivity index is 1.97. The van der Waals surface area contributed by atoms with E-state index in [1.807, 2.05) is 0 Å². The van der Waals surface area contributed by atoms with Gasteiger partial charge in [-0.1, -0.05) is 0 Å². The van der Waals surface area contributed by atoms with E-state index in [9.17, 15) is 9.59 Å². The van der Waals surface area contributed by atoms with E-state index >= 15 is 0 Å². The van der Waals surface area contributed by atoms with Crippen LogP contribution in [0.25, 0.3) is 0 Å². The van der Waals surface area contributed by atoms with Crippen molar-refractivity contribution in [1.29, 1.82) is 0 Å². The Morgan fingerprint density at radius 2 is 2.26 bits per heavy atom. The van der Waals surface area contributed by atoms with Crippen LogP contribution in [0.3, 0.4) is 0 Å². The third-order valence-corrected chi connectivity index (χ3v) is 2.90. The van der Waals surface area contributed by atoms with Crippen LogP contribution in [0, 0.1) is 0 Å². The molecule has 0 saturated heterocycles. The summed E-state index contributed by atoms with van der Waals surface area (Å²) in [6.07, 6.45) is 4.63. The topological polar surface area (TPSA) is 75.3 Å². The summed E-state index contributed by atoms with van der Waals surface area (Å²) in [5.41, 5.74) is 0.835. The monoisotopic (exact) mass is 257 g/mol. The molecule has 3 rings (SSSR count). The van der Waals surface area contributed by atoms with E-state index in [0.717, 1.165) is 0 Å². The zero-order valence-corrected chi connectivity index (χ0v) is 10.00. The van der Waals surface area contributed by atoms with Crippen LogP contribution in [-0.2, 0) is 0 Å². The highest BCUT2D eigenvalue weighted by atomic mass is 16.5. The number of nitrogens with one attached hydrogen (secondary N) is 1. The third kappa shape index (κ3) is 2.08. The van der Waals surface area contributed by atoms with E-state index in [2.05, 4.69) is 9.97 Å². The molecule has 6 nitrogen and oxygen atoms in total. The molecule has 2 aromatic heterocycles. The van der Waals surface area contributed by atoms with Crippen LogP contribution >= 0.6 is 0 Å². The number of fused-ring (bicyclic) bond motifs is 1. The molecule has 1 N–H and O–H groups in total. The van der Waals surface area contributed by atoms with Gasteiger partial charge in [-0.3, -0.25) is 14.6 Å². The molecule has 96 valence electrons. The molecule has 0 aromatic carbocycles. The van der Waals surface area contributed by atoms with Gasteiger partial charge in [0.15, 0.2) is 0 Å². The second-order valence-corrected chi connectivity index (χ2v) is 4.09. The Bertz CT molecular complexity index is 660. The predicted octanol–water partition coefficient (Wildman–Crippen LogP) is 0.809. The molecular formula is C13H11N3O3. The fourth-order valence-corrected chi connectivity index (χ4v) is 1.98. The first-order valence-electron chi connectivity index (χ1n) is 5.83. The molecule has 6 heteroatoms. The number of H-pyrrole nitrogens is 1. The maximum absolute atomic E-state index is 12.4. The van der Waals surface area contributed by atoms with Gasteiger partial charge >= 0.3 is 0 Å². The fraction of sp³-hybridized carbons (Fsp3) is 0.154. The normalized spacial score (nSPS) is 13.6. The summed E-state index contributed by atoms with van der Waals surface area (Å²) in [6, 6.07) is 4.56. The average molecular weight is 257 g/mol. The molecule has 1 aliphatic rings. The highest BCUT2D eigenvalue weighted by molar-refractivity contribution is 6.06. The molecule has 0 radical (unpaired) electrons. The van der Waals surface area contributed by atoms with E-state index < -0.39 is 0 Å². The van der Waals surface area contributed by atoms with Gasteiger partial charge in [0.05, 0.1) is 18.3 Å². The maximum atomic E-state index is 12.4. The SMILES string of the molecule is O=C(c1ccc(=O)[nH]c1)N1CCOc2ccncc21. The summed E-state index contributed by atoms with van der Waals surface area (Å²) < 4.78 is 5.47. The first-order valence-corrected chi connectivity index (χ1v) is 5.83. The minimum Gasteiger partial charge on any atom is -0.489 e. The molecule has 0 unspecified atom stereocenters. The predicted molar refractivity (Wildman–Crippen MR) is 68.5 cm³/mol. The van der Waals surface area contributed by atoms with Gasteiger partial charge in [-0.05, 0) is 6.07 Å². The van der Waals surface area contributed by atoms with Crippen molar-refractivity contribution in [2.24, 2.45) is 0 Å². The first-order chi connectivity index (χ1) is 9.25. The van der Waals surface area contributed by atoms with Crippen LogP contribution in [0.5, 0.6) is 5.75 Å². The Labute approximate surface area is 108 Å². The molecule has 0 aliphatic carbocycles. The average Bonchev–Trinajstić information content (AvgIpc) is 2.47. The van der Waals surface area contributed by atoms with Crippen molar-refractivity contribution >= 4 is 11.6 Å². The zero-order valence-electron chi connectivity index (χ0n) is 10.00. The molecule has 1 aliphatic heterocycles. The minimum atomic E-state index is -0.236. The van der Waals surface area contributed by atoms with Gasteiger partial charge in [0.2, 0.25) is 5.56 Å². The van der Waals surface area contributed by atoms with Gasteiger partial charge in [-0.2, -0.15) is 0 Å². The van der Waals surface area contributed by atoms with E-state index in [-0.39, 0.29) is 11.5 Å². The molecule has 0 bridgehead atoms. The largest absolute Gasteiger partial charge is 0.489 e. The number of amides is 1. The Kier molecular flexibility index (Phi) is 2.75. The van der Waals surface area contributed by atoms with Crippen LogP contribution in [-0.4, -0.2) is 29.0 Å². The number of anilines is 1. The number of hydrogen-bond donors (Lipinski definition) is 1. The van der Waals surface area contributed by atoms with E-state index in [4.69, 9.17) is 4.74 Å². The number of aromatic nitrogens is 2. The van der Waals surface area contributed by atoms with Crippen molar-refractivity contribution in [2.45, 2.75) is 0 Å². The van der Waals surface area contributed by atoms with E-state index in [0.29, 0.717) is 30.2 Å². The Hall–Kier alpha value is -2.63. The summed E-state index contributed by atoms with van der Waals surface area (Å²) in [7, 11) is 0. The number of hydrogen-bond acceptors (Lipinski definition) is 4. The maximum Gasteiger partial charge on any atom is 0.260 e. The van der Waals surface area contributed by atoms with Crippen LogP contribution in [0.1, 0.15) is 10.4 Å². The lowest BCUT2D eigenvalue weighted by Crippen LogP contribution is -2.38. The molecule has 2 aromatic rings. The Morgan fingerprint density at radius 3 is 3.05 bits per heavy atom. The van der Waals surface area contributed by atoms with Gasteiger partial charge < -0.3 is 14.6 Å². The molecule has 19 heavy (non-hydrogen) atoms. The van der Waals surface area contributed by atoms with E-state index in [1.165, 1.54) is 18.3 Å². The highest BCUT2D eigenvalue weighted by Gasteiger charge is 2.24. The molecule has 0 atom stereocenters. The lowest BCUT2D eigenvalue weighted by atomic mass is 10.2. The van der Waals surface area contributed by atoms with Gasteiger partial charge in [0.1, 0.15) is 18.0 Å². The molecule has 0 spiro atoms. The quantitative estimate of drug-likeness (QED) is 0.820. The van der Waals surface area contributed by atoms with Crippen molar-refractivity contribution in [3.8, 4) is 5.75 Å². The second kappa shape index (κ2) is 4.56. The van der Waals surface area contributed by atoms with Crippen LogP contribution in [0.15, 0.2) is 41.6 Å². The number of aromatic amines is 1. The van der Waals surface area contributed by atoms with Crippen molar-refractivity contribution in [1.82, 2.24) is 9.97 Å². The van der Waals surface area contributed by atoms with Gasteiger partial charge in [-0.15, -0.1) is 0 Å². The molecule has 0 fully saturated rings. The zero-order chi connectivity index (χ0) is 13.2. The van der Waals surface area contributed by atoms with Crippen LogP contribution in [0.2, 0.25) is 0 Å². The van der Waals surface area contributed by atoms with Crippen molar-refractivity contribution in [3.63, 3.8) is 0 Å². The standard InChI is InChI=1S/C13H11N3O3/c17-12-2-1-9(7-15-12)13(18)16-5-6-19-11-3-4-14-8-10(11)16/h1-4,7-8H,5-6H2,(H,15,17). The number of pyridine rings is 2. The lowest BCUT2D eigenvalue weighted by Gasteiger charge is -2.28. The number of carbonyl (C=O) groups is 1. The fourth-order valence-electron chi connectivity index (χ4n) is 1.98. The summed E-state index contributed by atoms with van der Waals surface area (Å²) in [5.74, 6) is 0.452. The first kappa shape index (κ1) is 11.5. The number of carbonyl (C=O) groups excluding carboxylic acids is 1. The van der Waals surface area contributed by atoms with Crippen LogP contribution in [0.4, 0.5) is 5.69 Å². The van der Waals surface area contributed by atoms with Gasteiger partial charge in [0, 0.05) is 24.5 Å². The van der Waals surface area contributed by atoms with Crippen LogP contribution < -0.4 is 15.2 Å². The Morgan fingerprint density at radius 1 is 1.37 bits per heavy atom. The summed E-state index contributed by atoms with van der Waals surface area (Å²) in [6.45, 7) is 0.892. The lowest BCUT2D eigenvalue weighted by molar-refractivity contribution is 0.0976. The van der Waals surface area contributed by atoms with Crippen molar-refractivity contribution in [2.75, 3.05) is 18.1 Å². The number of rotatable bonds is 1. The van der Waals surface area contributed by atoms with Gasteiger partial charge in [0.25, 0.3) is 5.91 Å². The third-order valence-electron chi connectivity index (χ3n) is 2.90. The summed E-state index contributed by atoms with van der Waals surface area (Å²) in [5, 5.41) is 0. The van der Waals surface area contributed by atoms with E-state index in [1.54, 1.807) is 23.4 Å². The summed E-state index contributed by atoms with van der Waals surface area (Å²) >= 11 is 0. The van der Waals surface area contributed by atoms with Crippen molar-refractivity contribution in [3.05, 3.63) is 52.7 Å².